The molecule has 126 valence electrons. The number of nitrogens with zero attached hydrogens (tertiary/aromatic N) is 2. The van der Waals surface area contributed by atoms with Crippen molar-refractivity contribution >= 4 is 17.5 Å². The van der Waals surface area contributed by atoms with Gasteiger partial charge in [-0.05, 0) is 49.7 Å². The highest BCUT2D eigenvalue weighted by atomic mass is 35.5. The molecule has 1 N–H and O–H groups in total. The maximum Gasteiger partial charge on any atom is 0.254 e. The molecule has 1 aliphatic heterocycles. The number of hydrogen-bond donors (Lipinski definition) is 1. The maximum absolute atomic E-state index is 13.9. The molecule has 1 saturated heterocycles. The summed E-state index contributed by atoms with van der Waals surface area (Å²) >= 11 is 5.74. The number of carbonyl (C=O) groups excluding carboxylic acids is 1. The Hall–Kier alpha value is -1.98. The normalized spacial score (nSPS) is 21.0. The summed E-state index contributed by atoms with van der Waals surface area (Å²) in [6, 6.07) is 8.60. The number of hydrogen-bond acceptors (Lipinski definition) is 3. The van der Waals surface area contributed by atoms with Gasteiger partial charge in [-0.3, -0.25) is 14.7 Å². The number of benzene rings is 1. The van der Waals surface area contributed by atoms with Crippen molar-refractivity contribution in [3.8, 4) is 0 Å². The standard InChI is InChI=1S/C18H19ClFN3O/c1-23-9-7-13(17(23)12-4-3-8-21-10-12)11-22-18(24)14-5-2-6-15(19)16(14)20/h2-6,8,10,13,17H,7,9,11H2,1H3,(H,22,24)/t13-,17-/m0/s1. The Labute approximate surface area is 145 Å². The van der Waals surface area contributed by atoms with Crippen LogP contribution in [0.3, 0.4) is 0 Å². The molecule has 1 aromatic heterocycles. The fourth-order valence-electron chi connectivity index (χ4n) is 3.32. The summed E-state index contributed by atoms with van der Waals surface area (Å²) in [5, 5.41) is 2.80. The average molecular weight is 348 g/mol. The zero-order valence-electron chi connectivity index (χ0n) is 13.4. The molecular weight excluding hydrogens is 329 g/mol. The fourth-order valence-corrected chi connectivity index (χ4v) is 3.49. The van der Waals surface area contributed by atoms with Gasteiger partial charge in [-0.2, -0.15) is 0 Å². The molecule has 0 bridgehead atoms. The molecular formula is C18H19ClFN3O. The predicted octanol–water partition coefficient (Wildman–Crippen LogP) is 3.30. The van der Waals surface area contributed by atoms with Gasteiger partial charge >= 0.3 is 0 Å². The number of nitrogens with one attached hydrogen (secondary N) is 1. The third kappa shape index (κ3) is 3.42. The Bertz CT molecular complexity index is 725. The van der Waals surface area contributed by atoms with E-state index < -0.39 is 11.7 Å². The molecule has 0 radical (unpaired) electrons. The summed E-state index contributed by atoms with van der Waals surface area (Å²) in [6.45, 7) is 1.43. The van der Waals surface area contributed by atoms with E-state index in [4.69, 9.17) is 11.6 Å². The summed E-state index contributed by atoms with van der Waals surface area (Å²) in [7, 11) is 2.07. The minimum Gasteiger partial charge on any atom is -0.352 e. The van der Waals surface area contributed by atoms with Crippen molar-refractivity contribution in [1.29, 1.82) is 0 Å². The van der Waals surface area contributed by atoms with E-state index in [9.17, 15) is 9.18 Å². The topological polar surface area (TPSA) is 45.2 Å². The third-order valence-electron chi connectivity index (χ3n) is 4.52. The first kappa shape index (κ1) is 16.9. The molecule has 4 nitrogen and oxygen atoms in total. The van der Waals surface area contributed by atoms with E-state index >= 15 is 0 Å². The van der Waals surface area contributed by atoms with E-state index in [1.165, 1.54) is 12.1 Å². The first-order valence-corrected chi connectivity index (χ1v) is 8.28. The molecule has 2 atom stereocenters. The largest absolute Gasteiger partial charge is 0.352 e. The van der Waals surface area contributed by atoms with Crippen LogP contribution in [0.5, 0.6) is 0 Å². The Balaban J connectivity index is 1.69. The molecule has 0 unspecified atom stereocenters. The van der Waals surface area contributed by atoms with Gasteiger partial charge in [-0.25, -0.2) is 4.39 Å². The van der Waals surface area contributed by atoms with E-state index in [1.807, 2.05) is 18.3 Å². The smallest absolute Gasteiger partial charge is 0.254 e. The minimum absolute atomic E-state index is 0.0215. The number of likely N-dealkylation sites (tertiary alicyclic amines) is 1. The van der Waals surface area contributed by atoms with Crippen molar-refractivity contribution < 1.29 is 9.18 Å². The molecule has 1 aliphatic rings. The zero-order valence-corrected chi connectivity index (χ0v) is 14.1. The lowest BCUT2D eigenvalue weighted by atomic mass is 9.94. The minimum atomic E-state index is -0.677. The van der Waals surface area contributed by atoms with Crippen LogP contribution in [0.25, 0.3) is 0 Å². The quantitative estimate of drug-likeness (QED) is 0.923. The fraction of sp³-hybridized carbons (Fsp3) is 0.333. The SMILES string of the molecule is CN1CC[C@@H](CNC(=O)c2cccc(Cl)c2F)[C@@H]1c1cccnc1. The summed E-state index contributed by atoms with van der Waals surface area (Å²) < 4.78 is 13.9. The number of carbonyl (C=O) groups is 1. The highest BCUT2D eigenvalue weighted by molar-refractivity contribution is 6.31. The number of aromatic nitrogens is 1. The maximum atomic E-state index is 13.9. The predicted molar refractivity (Wildman–Crippen MR) is 91.5 cm³/mol. The monoisotopic (exact) mass is 347 g/mol. The Morgan fingerprint density at radius 2 is 2.25 bits per heavy atom. The van der Waals surface area contributed by atoms with Crippen LogP contribution in [0, 0.1) is 11.7 Å². The average Bonchev–Trinajstić information content (AvgIpc) is 2.96. The van der Waals surface area contributed by atoms with Crippen LogP contribution in [0.4, 0.5) is 4.39 Å². The van der Waals surface area contributed by atoms with Crippen LogP contribution in [-0.4, -0.2) is 35.9 Å². The summed E-state index contributed by atoms with van der Waals surface area (Å²) in [6.07, 6.45) is 4.57. The number of pyridine rings is 1. The van der Waals surface area contributed by atoms with Gasteiger partial charge in [0.05, 0.1) is 10.6 Å². The number of amides is 1. The molecule has 1 aromatic carbocycles. The Morgan fingerprint density at radius 3 is 3.00 bits per heavy atom. The van der Waals surface area contributed by atoms with E-state index in [2.05, 4.69) is 22.2 Å². The number of rotatable bonds is 4. The molecule has 1 amide bonds. The summed E-state index contributed by atoms with van der Waals surface area (Å²) in [5.41, 5.74) is 1.11. The molecule has 0 aliphatic carbocycles. The van der Waals surface area contributed by atoms with Crippen LogP contribution in [0.1, 0.15) is 28.4 Å². The van der Waals surface area contributed by atoms with Gasteiger partial charge in [0.15, 0.2) is 5.82 Å². The van der Waals surface area contributed by atoms with E-state index in [0.29, 0.717) is 6.54 Å². The first-order chi connectivity index (χ1) is 11.6. The second-order valence-corrected chi connectivity index (χ2v) is 6.48. The van der Waals surface area contributed by atoms with Crippen LogP contribution < -0.4 is 5.32 Å². The molecule has 24 heavy (non-hydrogen) atoms. The van der Waals surface area contributed by atoms with Crippen LogP contribution in [0.15, 0.2) is 42.7 Å². The lowest BCUT2D eigenvalue weighted by Crippen LogP contribution is -2.32. The van der Waals surface area contributed by atoms with Crippen LogP contribution >= 0.6 is 11.6 Å². The Kier molecular flexibility index (Phi) is 5.11. The van der Waals surface area contributed by atoms with Gasteiger partial charge < -0.3 is 5.32 Å². The molecule has 2 aromatic rings. The highest BCUT2D eigenvalue weighted by Gasteiger charge is 2.33. The molecule has 3 rings (SSSR count). The lowest BCUT2D eigenvalue weighted by molar-refractivity contribution is 0.0939. The summed E-state index contributed by atoms with van der Waals surface area (Å²) in [4.78, 5) is 18.7. The highest BCUT2D eigenvalue weighted by Crippen LogP contribution is 2.35. The van der Waals surface area contributed by atoms with Gasteiger partial charge in [0, 0.05) is 25.0 Å². The third-order valence-corrected chi connectivity index (χ3v) is 4.81. The summed E-state index contributed by atoms with van der Waals surface area (Å²) in [5.74, 6) is -0.857. The van der Waals surface area contributed by atoms with Crippen molar-refractivity contribution in [2.24, 2.45) is 5.92 Å². The Morgan fingerprint density at radius 1 is 1.42 bits per heavy atom. The van der Waals surface area contributed by atoms with Gasteiger partial charge in [0.2, 0.25) is 0 Å². The van der Waals surface area contributed by atoms with Crippen LogP contribution in [-0.2, 0) is 0 Å². The van der Waals surface area contributed by atoms with Gasteiger partial charge in [-0.15, -0.1) is 0 Å². The van der Waals surface area contributed by atoms with Gasteiger partial charge in [0.1, 0.15) is 0 Å². The van der Waals surface area contributed by atoms with Crippen molar-refractivity contribution in [1.82, 2.24) is 15.2 Å². The van der Waals surface area contributed by atoms with E-state index in [1.54, 1.807) is 12.3 Å². The molecule has 1 fully saturated rings. The molecule has 0 saturated carbocycles. The van der Waals surface area contributed by atoms with E-state index in [-0.39, 0.29) is 22.5 Å². The van der Waals surface area contributed by atoms with Crippen molar-refractivity contribution in [2.75, 3.05) is 20.1 Å². The molecule has 6 heteroatoms. The van der Waals surface area contributed by atoms with Gasteiger partial charge in [0.25, 0.3) is 5.91 Å². The molecule has 0 spiro atoms. The second-order valence-electron chi connectivity index (χ2n) is 6.07. The second kappa shape index (κ2) is 7.28. The first-order valence-electron chi connectivity index (χ1n) is 7.90. The van der Waals surface area contributed by atoms with Crippen molar-refractivity contribution in [3.63, 3.8) is 0 Å². The van der Waals surface area contributed by atoms with E-state index in [0.717, 1.165) is 18.5 Å². The van der Waals surface area contributed by atoms with Gasteiger partial charge in [-0.1, -0.05) is 23.7 Å². The lowest BCUT2D eigenvalue weighted by Gasteiger charge is -2.25. The van der Waals surface area contributed by atoms with Crippen LogP contribution in [0.2, 0.25) is 5.02 Å². The zero-order chi connectivity index (χ0) is 17.1. The number of halogens is 2. The van der Waals surface area contributed by atoms with Crippen molar-refractivity contribution in [3.05, 3.63) is 64.7 Å². The van der Waals surface area contributed by atoms with Crippen molar-refractivity contribution in [2.45, 2.75) is 12.5 Å². The molecule has 2 heterocycles.